The van der Waals surface area contributed by atoms with Crippen molar-refractivity contribution in [1.29, 1.82) is 0 Å². The molecule has 0 fully saturated rings. The normalized spacial score (nSPS) is 14.1. The Morgan fingerprint density at radius 2 is 1.74 bits per heavy atom. The zero-order valence-corrected chi connectivity index (χ0v) is 15.1. The molecule has 3 aromatic rings. The molecule has 0 aliphatic carbocycles. The fourth-order valence-corrected chi connectivity index (χ4v) is 3.49. The van der Waals surface area contributed by atoms with Crippen LogP contribution in [0.2, 0.25) is 0 Å². The number of hydrogen-bond donors (Lipinski definition) is 0. The lowest BCUT2D eigenvalue weighted by Gasteiger charge is -2.29. The van der Waals surface area contributed by atoms with E-state index < -0.39 is 0 Å². The minimum atomic E-state index is -0.191. The average molecular weight is 363 g/mol. The summed E-state index contributed by atoms with van der Waals surface area (Å²) in [7, 11) is 0. The lowest BCUT2D eigenvalue weighted by Crippen LogP contribution is -2.31. The van der Waals surface area contributed by atoms with E-state index in [1.165, 1.54) is 28.8 Å². The van der Waals surface area contributed by atoms with E-state index in [0.29, 0.717) is 13.2 Å². The summed E-state index contributed by atoms with van der Waals surface area (Å²) in [6.07, 6.45) is 8.41. The highest BCUT2D eigenvalue weighted by atomic mass is 19.1. The van der Waals surface area contributed by atoms with Gasteiger partial charge in [0.05, 0.1) is 13.2 Å². The highest BCUT2D eigenvalue weighted by Gasteiger charge is 2.19. The predicted molar refractivity (Wildman–Crippen MR) is 101 cm³/mol. The first kappa shape index (κ1) is 17.8. The quantitative estimate of drug-likeness (QED) is 0.666. The zero-order chi connectivity index (χ0) is 18.5. The third-order valence-electron chi connectivity index (χ3n) is 4.90. The van der Waals surface area contributed by atoms with Gasteiger partial charge in [0.25, 0.3) is 0 Å². The van der Waals surface area contributed by atoms with Gasteiger partial charge in [-0.3, -0.25) is 14.9 Å². The lowest BCUT2D eigenvalue weighted by atomic mass is 9.97. The molecule has 4 nitrogen and oxygen atoms in total. The standard InChI is InChI=1S/C22H22FN3O/c23-21-3-1-17(2-4-21)13-26-10-7-22-19(14-26)11-25-12-20(22)16-27-15-18-5-8-24-9-6-18/h1-6,8-9,11-12H,7,10,13-16H2. The van der Waals surface area contributed by atoms with Crippen molar-refractivity contribution in [3.05, 3.63) is 94.8 Å². The van der Waals surface area contributed by atoms with E-state index in [2.05, 4.69) is 14.9 Å². The van der Waals surface area contributed by atoms with Crippen LogP contribution < -0.4 is 0 Å². The minimum Gasteiger partial charge on any atom is -0.372 e. The first-order valence-electron chi connectivity index (χ1n) is 9.16. The zero-order valence-electron chi connectivity index (χ0n) is 15.1. The number of halogens is 1. The second kappa shape index (κ2) is 8.37. The molecule has 3 heterocycles. The number of benzene rings is 1. The highest BCUT2D eigenvalue weighted by Crippen LogP contribution is 2.23. The largest absolute Gasteiger partial charge is 0.372 e. The van der Waals surface area contributed by atoms with E-state index in [0.717, 1.165) is 37.2 Å². The number of pyridine rings is 2. The van der Waals surface area contributed by atoms with Gasteiger partial charge in [0.15, 0.2) is 0 Å². The smallest absolute Gasteiger partial charge is 0.123 e. The topological polar surface area (TPSA) is 38.2 Å². The van der Waals surface area contributed by atoms with Crippen molar-refractivity contribution in [3.8, 4) is 0 Å². The Morgan fingerprint density at radius 3 is 2.56 bits per heavy atom. The number of ether oxygens (including phenoxy) is 1. The molecule has 27 heavy (non-hydrogen) atoms. The molecule has 0 saturated heterocycles. The van der Waals surface area contributed by atoms with E-state index in [4.69, 9.17) is 4.74 Å². The van der Waals surface area contributed by atoms with Crippen LogP contribution in [0, 0.1) is 5.82 Å². The van der Waals surface area contributed by atoms with Crippen molar-refractivity contribution in [2.45, 2.75) is 32.7 Å². The van der Waals surface area contributed by atoms with Crippen molar-refractivity contribution >= 4 is 0 Å². The number of nitrogens with zero attached hydrogens (tertiary/aromatic N) is 3. The Morgan fingerprint density at radius 1 is 0.926 bits per heavy atom. The summed E-state index contributed by atoms with van der Waals surface area (Å²) in [6, 6.07) is 10.7. The molecule has 0 N–H and O–H groups in total. The maximum absolute atomic E-state index is 13.1. The summed E-state index contributed by atoms with van der Waals surface area (Å²) in [5.41, 5.74) is 6.03. The van der Waals surface area contributed by atoms with Gasteiger partial charge in [-0.25, -0.2) is 4.39 Å². The monoisotopic (exact) mass is 363 g/mol. The third kappa shape index (κ3) is 4.56. The Labute approximate surface area is 158 Å². The van der Waals surface area contributed by atoms with E-state index >= 15 is 0 Å². The van der Waals surface area contributed by atoms with Crippen LogP contribution in [0.15, 0.2) is 61.2 Å². The number of hydrogen-bond acceptors (Lipinski definition) is 4. The van der Waals surface area contributed by atoms with Crippen molar-refractivity contribution in [3.63, 3.8) is 0 Å². The molecule has 0 spiro atoms. The molecule has 1 aliphatic heterocycles. The first-order chi connectivity index (χ1) is 13.3. The van der Waals surface area contributed by atoms with Crippen LogP contribution in [0.5, 0.6) is 0 Å². The van der Waals surface area contributed by atoms with Crippen LogP contribution in [0.1, 0.15) is 27.8 Å². The maximum atomic E-state index is 13.1. The van der Waals surface area contributed by atoms with Crippen LogP contribution in [0.25, 0.3) is 0 Å². The Bertz CT molecular complexity index is 884. The van der Waals surface area contributed by atoms with Gasteiger partial charge in [0.2, 0.25) is 0 Å². The molecule has 5 heteroatoms. The number of rotatable bonds is 6. The van der Waals surface area contributed by atoms with Gasteiger partial charge in [-0.1, -0.05) is 12.1 Å². The molecule has 0 atom stereocenters. The molecule has 1 aromatic carbocycles. The highest BCUT2D eigenvalue weighted by molar-refractivity contribution is 5.33. The molecule has 2 aromatic heterocycles. The van der Waals surface area contributed by atoms with E-state index in [1.54, 1.807) is 12.4 Å². The summed E-state index contributed by atoms with van der Waals surface area (Å²) >= 11 is 0. The predicted octanol–water partition coefficient (Wildman–Crippen LogP) is 3.89. The summed E-state index contributed by atoms with van der Waals surface area (Å²) in [6.45, 7) is 3.80. The molecule has 0 saturated carbocycles. The third-order valence-corrected chi connectivity index (χ3v) is 4.90. The fourth-order valence-electron chi connectivity index (χ4n) is 3.49. The van der Waals surface area contributed by atoms with Gasteiger partial charge in [0, 0.05) is 44.4 Å². The molecule has 1 aliphatic rings. The Hall–Kier alpha value is -2.63. The molecular weight excluding hydrogens is 341 g/mol. The molecule has 0 bridgehead atoms. The molecule has 4 rings (SSSR count). The van der Waals surface area contributed by atoms with Crippen molar-refractivity contribution in [1.82, 2.24) is 14.9 Å². The van der Waals surface area contributed by atoms with E-state index in [-0.39, 0.29) is 5.82 Å². The van der Waals surface area contributed by atoms with Crippen molar-refractivity contribution in [2.75, 3.05) is 6.54 Å². The SMILES string of the molecule is Fc1ccc(CN2CCc3c(COCc4ccncc4)cncc3C2)cc1. The number of fused-ring (bicyclic) bond motifs is 1. The summed E-state index contributed by atoms with van der Waals surface area (Å²) in [5.74, 6) is -0.191. The van der Waals surface area contributed by atoms with Gasteiger partial charge in [-0.05, 0) is 58.5 Å². The average Bonchev–Trinajstić information content (AvgIpc) is 2.70. The maximum Gasteiger partial charge on any atom is 0.123 e. The number of aromatic nitrogens is 2. The van der Waals surface area contributed by atoms with Crippen LogP contribution in [0.3, 0.4) is 0 Å². The second-order valence-electron chi connectivity index (χ2n) is 6.87. The molecular formula is C22H22FN3O. The minimum absolute atomic E-state index is 0.191. The van der Waals surface area contributed by atoms with Crippen LogP contribution >= 0.6 is 0 Å². The van der Waals surface area contributed by atoms with Crippen molar-refractivity contribution < 1.29 is 9.13 Å². The van der Waals surface area contributed by atoms with Crippen LogP contribution in [0.4, 0.5) is 4.39 Å². The van der Waals surface area contributed by atoms with Crippen molar-refractivity contribution in [2.24, 2.45) is 0 Å². The lowest BCUT2D eigenvalue weighted by molar-refractivity contribution is 0.105. The summed E-state index contributed by atoms with van der Waals surface area (Å²) in [4.78, 5) is 10.8. The Balaban J connectivity index is 1.38. The summed E-state index contributed by atoms with van der Waals surface area (Å²) < 4.78 is 19.0. The van der Waals surface area contributed by atoms with Gasteiger partial charge in [0.1, 0.15) is 5.82 Å². The fraction of sp³-hybridized carbons (Fsp3) is 0.273. The van der Waals surface area contributed by atoms with Gasteiger partial charge >= 0.3 is 0 Å². The van der Waals surface area contributed by atoms with Gasteiger partial charge < -0.3 is 4.74 Å². The molecule has 138 valence electrons. The van der Waals surface area contributed by atoms with Gasteiger partial charge in [-0.2, -0.15) is 0 Å². The molecule has 0 unspecified atom stereocenters. The Kier molecular flexibility index (Phi) is 5.51. The van der Waals surface area contributed by atoms with E-state index in [9.17, 15) is 4.39 Å². The second-order valence-corrected chi connectivity index (χ2v) is 6.87. The van der Waals surface area contributed by atoms with Gasteiger partial charge in [-0.15, -0.1) is 0 Å². The summed E-state index contributed by atoms with van der Waals surface area (Å²) in [5, 5.41) is 0. The van der Waals surface area contributed by atoms with E-state index in [1.807, 2.05) is 36.7 Å². The molecule has 0 amide bonds. The first-order valence-corrected chi connectivity index (χ1v) is 9.16. The van der Waals surface area contributed by atoms with Crippen LogP contribution in [-0.2, 0) is 37.5 Å². The van der Waals surface area contributed by atoms with Crippen LogP contribution in [-0.4, -0.2) is 21.4 Å². The molecule has 0 radical (unpaired) electrons.